The Bertz CT molecular complexity index is 750. The predicted molar refractivity (Wildman–Crippen MR) is 106 cm³/mol. The van der Waals surface area contributed by atoms with Gasteiger partial charge in [-0.25, -0.2) is 0 Å². The lowest BCUT2D eigenvalue weighted by atomic mass is 10.0. The number of aryl methyl sites for hydroxylation is 1. The molecule has 5 rings (SSSR count). The number of anilines is 2. The number of hydrogen-bond donors (Lipinski definition) is 2. The average Bonchev–Trinajstić information content (AvgIpc) is 3.56. The molecule has 0 aliphatic heterocycles. The van der Waals surface area contributed by atoms with Gasteiger partial charge in [0.1, 0.15) is 0 Å². The first-order valence-corrected chi connectivity index (χ1v) is 10.9. The van der Waals surface area contributed by atoms with Gasteiger partial charge in [-0.2, -0.15) is 0 Å². The molecule has 2 N–H and O–H groups in total. The van der Waals surface area contributed by atoms with Gasteiger partial charge >= 0.3 is 0 Å². The average molecular weight is 367 g/mol. The van der Waals surface area contributed by atoms with Crippen LogP contribution in [0, 0.1) is 42.4 Å². The van der Waals surface area contributed by atoms with Crippen LogP contribution in [0.3, 0.4) is 0 Å². The lowest BCUT2D eigenvalue weighted by Gasteiger charge is -2.12. The Kier molecular flexibility index (Phi) is 4.25. The van der Waals surface area contributed by atoms with E-state index in [-0.39, 0.29) is 23.7 Å². The minimum absolute atomic E-state index is 0.168. The van der Waals surface area contributed by atoms with E-state index in [1.807, 2.05) is 25.1 Å². The van der Waals surface area contributed by atoms with Gasteiger partial charge in [0.05, 0.1) is 0 Å². The van der Waals surface area contributed by atoms with Crippen LogP contribution in [0.2, 0.25) is 0 Å². The number of nitrogens with one attached hydrogen (secondary N) is 2. The maximum atomic E-state index is 12.7. The third kappa shape index (κ3) is 3.17. The van der Waals surface area contributed by atoms with Crippen molar-refractivity contribution in [1.29, 1.82) is 0 Å². The van der Waals surface area contributed by atoms with Crippen molar-refractivity contribution in [3.05, 3.63) is 23.8 Å². The van der Waals surface area contributed by atoms with Crippen molar-refractivity contribution < 1.29 is 9.59 Å². The van der Waals surface area contributed by atoms with Gasteiger partial charge in [0, 0.05) is 23.2 Å². The molecule has 4 nitrogen and oxygen atoms in total. The van der Waals surface area contributed by atoms with Gasteiger partial charge in [0.2, 0.25) is 11.8 Å². The van der Waals surface area contributed by atoms with Crippen LogP contribution in [-0.4, -0.2) is 11.8 Å². The van der Waals surface area contributed by atoms with Gasteiger partial charge in [-0.3, -0.25) is 9.59 Å². The fourth-order valence-corrected chi connectivity index (χ4v) is 6.04. The van der Waals surface area contributed by atoms with E-state index in [0.29, 0.717) is 23.7 Å². The molecule has 0 unspecified atom stereocenters. The largest absolute Gasteiger partial charge is 0.326 e. The molecule has 0 spiro atoms. The third-order valence-corrected chi connectivity index (χ3v) is 7.68. The van der Waals surface area contributed by atoms with E-state index < -0.39 is 0 Å². The Labute approximate surface area is 161 Å². The van der Waals surface area contributed by atoms with Crippen LogP contribution in [0.1, 0.15) is 56.9 Å². The molecule has 4 aliphatic rings. The highest BCUT2D eigenvalue weighted by Crippen LogP contribution is 2.56. The van der Waals surface area contributed by atoms with Crippen molar-refractivity contribution in [2.24, 2.45) is 35.5 Å². The summed E-state index contributed by atoms with van der Waals surface area (Å²) in [5.41, 5.74) is 2.69. The van der Waals surface area contributed by atoms with Crippen LogP contribution >= 0.6 is 0 Å². The standard InChI is InChI=1S/C23H30N2O2/c1-13-10-11-14(24-22(26)20-15-6-2-3-7-16(15)20)12-19(13)25-23(27)21-17-8-4-5-9-18(17)21/h10-12,15-18,20-21H,2-9H2,1H3,(H,24,26)(H,25,27)/t15-,16-,17-,18-/m0/s1. The van der Waals surface area contributed by atoms with Crippen molar-refractivity contribution in [3.8, 4) is 0 Å². The van der Waals surface area contributed by atoms with Crippen molar-refractivity contribution in [1.82, 2.24) is 0 Å². The first kappa shape index (κ1) is 17.3. The number of carbonyl (C=O) groups is 2. The summed E-state index contributed by atoms with van der Waals surface area (Å²) in [6, 6.07) is 5.88. The molecule has 4 heteroatoms. The Morgan fingerprint density at radius 2 is 1.26 bits per heavy atom. The second kappa shape index (κ2) is 6.65. The number of rotatable bonds is 4. The van der Waals surface area contributed by atoms with Crippen LogP contribution in [0.5, 0.6) is 0 Å². The van der Waals surface area contributed by atoms with Gasteiger partial charge in [-0.05, 0) is 74.0 Å². The molecule has 27 heavy (non-hydrogen) atoms. The van der Waals surface area contributed by atoms with Crippen molar-refractivity contribution >= 4 is 23.2 Å². The first-order chi connectivity index (χ1) is 13.1. The zero-order chi connectivity index (χ0) is 18.5. The maximum absolute atomic E-state index is 12.7. The molecule has 4 fully saturated rings. The van der Waals surface area contributed by atoms with Crippen molar-refractivity contribution in [2.45, 2.75) is 58.3 Å². The topological polar surface area (TPSA) is 58.2 Å². The molecule has 0 bridgehead atoms. The fraction of sp³-hybridized carbons (Fsp3) is 0.652. The molecule has 0 radical (unpaired) electrons. The third-order valence-electron chi connectivity index (χ3n) is 7.68. The minimum Gasteiger partial charge on any atom is -0.326 e. The molecule has 4 saturated carbocycles. The van der Waals surface area contributed by atoms with Gasteiger partial charge in [-0.1, -0.05) is 31.7 Å². The van der Waals surface area contributed by atoms with Gasteiger partial charge in [-0.15, -0.1) is 0 Å². The molecule has 144 valence electrons. The van der Waals surface area contributed by atoms with E-state index >= 15 is 0 Å². The van der Waals surface area contributed by atoms with Gasteiger partial charge < -0.3 is 10.6 Å². The fourth-order valence-electron chi connectivity index (χ4n) is 6.04. The SMILES string of the molecule is Cc1ccc(NC(=O)C2[C@H]3CCCC[C@H]23)cc1NC(=O)C1[C@H]2CCCC[C@H]12. The van der Waals surface area contributed by atoms with Crippen LogP contribution in [0.15, 0.2) is 18.2 Å². The molecule has 4 atom stereocenters. The molecule has 0 saturated heterocycles. The summed E-state index contributed by atoms with van der Waals surface area (Å²) >= 11 is 0. The second-order valence-corrected chi connectivity index (χ2v) is 9.28. The second-order valence-electron chi connectivity index (χ2n) is 9.28. The molecular formula is C23H30N2O2. The summed E-state index contributed by atoms with van der Waals surface area (Å²) in [5, 5.41) is 6.25. The Hall–Kier alpha value is -1.84. The molecule has 0 aromatic heterocycles. The van der Waals surface area contributed by atoms with Crippen molar-refractivity contribution in [2.75, 3.05) is 10.6 Å². The number of benzene rings is 1. The molecule has 0 heterocycles. The Morgan fingerprint density at radius 1 is 0.778 bits per heavy atom. The highest BCUT2D eigenvalue weighted by atomic mass is 16.2. The number of carbonyl (C=O) groups excluding carboxylic acids is 2. The molecule has 2 amide bonds. The highest BCUT2D eigenvalue weighted by molar-refractivity contribution is 5.98. The van der Waals surface area contributed by atoms with Crippen LogP contribution in [0.25, 0.3) is 0 Å². The Balaban J connectivity index is 1.23. The van der Waals surface area contributed by atoms with Crippen molar-refractivity contribution in [3.63, 3.8) is 0 Å². The zero-order valence-electron chi connectivity index (χ0n) is 16.2. The van der Waals surface area contributed by atoms with E-state index in [2.05, 4.69) is 10.6 Å². The number of amides is 2. The summed E-state index contributed by atoms with van der Waals surface area (Å²) in [5.74, 6) is 3.21. The normalized spacial score (nSPS) is 36.2. The van der Waals surface area contributed by atoms with E-state index in [9.17, 15) is 9.59 Å². The quantitative estimate of drug-likeness (QED) is 0.808. The highest BCUT2D eigenvalue weighted by Gasteiger charge is 2.55. The summed E-state index contributed by atoms with van der Waals surface area (Å²) in [6.45, 7) is 2.01. The van der Waals surface area contributed by atoms with E-state index in [0.717, 1.165) is 16.9 Å². The van der Waals surface area contributed by atoms with Gasteiger partial charge in [0.15, 0.2) is 0 Å². The Morgan fingerprint density at radius 3 is 1.78 bits per heavy atom. The van der Waals surface area contributed by atoms with E-state index in [1.54, 1.807) is 0 Å². The predicted octanol–water partition coefficient (Wildman–Crippen LogP) is 4.74. The summed E-state index contributed by atoms with van der Waals surface area (Å²) in [6.07, 6.45) is 9.93. The monoisotopic (exact) mass is 366 g/mol. The zero-order valence-corrected chi connectivity index (χ0v) is 16.2. The smallest absolute Gasteiger partial charge is 0.228 e. The molecule has 1 aromatic carbocycles. The number of fused-ring (bicyclic) bond motifs is 2. The summed E-state index contributed by atoms with van der Waals surface area (Å²) in [7, 11) is 0. The van der Waals surface area contributed by atoms with Gasteiger partial charge in [0.25, 0.3) is 0 Å². The molecular weight excluding hydrogens is 336 g/mol. The first-order valence-electron chi connectivity index (χ1n) is 10.9. The molecule has 1 aromatic rings. The number of hydrogen-bond acceptors (Lipinski definition) is 2. The van der Waals surface area contributed by atoms with E-state index in [4.69, 9.17) is 0 Å². The summed E-state index contributed by atoms with van der Waals surface area (Å²) in [4.78, 5) is 25.4. The minimum atomic E-state index is 0.168. The van der Waals surface area contributed by atoms with Crippen LogP contribution < -0.4 is 10.6 Å². The molecule has 4 aliphatic carbocycles. The lowest BCUT2D eigenvalue weighted by molar-refractivity contribution is -0.118. The van der Waals surface area contributed by atoms with E-state index in [1.165, 1.54) is 51.4 Å². The van der Waals surface area contributed by atoms with Crippen LogP contribution in [0.4, 0.5) is 11.4 Å². The lowest BCUT2D eigenvalue weighted by Crippen LogP contribution is -2.18. The summed E-state index contributed by atoms with van der Waals surface area (Å²) < 4.78 is 0. The maximum Gasteiger partial charge on any atom is 0.228 e. The van der Waals surface area contributed by atoms with Crippen LogP contribution in [-0.2, 0) is 9.59 Å².